The number of amides is 1. The first-order valence-corrected chi connectivity index (χ1v) is 14.0. The van der Waals surface area contributed by atoms with Crippen LogP contribution < -0.4 is 24.8 Å². The van der Waals surface area contributed by atoms with Crippen LogP contribution in [0.25, 0.3) is 11.3 Å². The van der Waals surface area contributed by atoms with E-state index in [2.05, 4.69) is 20.3 Å². The highest BCUT2D eigenvalue weighted by Crippen LogP contribution is 2.33. The standard InChI is InChI=1S/C25H30N4O5S2/c1-26-25-28-20(15-35-25)16-9-11-21(33-2)19(13-16)27-24(30)17-10-12-22(34-3)23(14-17)36(31,32)29-18-7-5-4-6-8-18/h9-15,18,29H,4-8H2,1-3H3,(H,26,28)(H,27,30). The summed E-state index contributed by atoms with van der Waals surface area (Å²) in [7, 11) is 0.843. The molecule has 2 aromatic carbocycles. The van der Waals surface area contributed by atoms with Crippen molar-refractivity contribution >= 4 is 38.1 Å². The predicted molar refractivity (Wildman–Crippen MR) is 142 cm³/mol. The number of thiazole rings is 1. The molecule has 192 valence electrons. The van der Waals surface area contributed by atoms with Gasteiger partial charge in [0.05, 0.1) is 25.6 Å². The van der Waals surface area contributed by atoms with Crippen LogP contribution in [0.2, 0.25) is 0 Å². The molecule has 4 rings (SSSR count). The Bertz CT molecular complexity index is 1330. The van der Waals surface area contributed by atoms with Crippen LogP contribution >= 0.6 is 11.3 Å². The van der Waals surface area contributed by atoms with Gasteiger partial charge < -0.3 is 20.1 Å². The molecule has 0 unspecified atom stereocenters. The van der Waals surface area contributed by atoms with Crippen LogP contribution in [0, 0.1) is 0 Å². The summed E-state index contributed by atoms with van der Waals surface area (Å²) >= 11 is 1.48. The van der Waals surface area contributed by atoms with Crippen LogP contribution in [0.5, 0.6) is 11.5 Å². The molecule has 11 heteroatoms. The average molecular weight is 531 g/mol. The third kappa shape index (κ3) is 5.80. The number of anilines is 2. The van der Waals surface area contributed by atoms with Crippen LogP contribution in [0.3, 0.4) is 0 Å². The molecular formula is C25H30N4O5S2. The zero-order valence-electron chi connectivity index (χ0n) is 20.5. The highest BCUT2D eigenvalue weighted by molar-refractivity contribution is 7.89. The average Bonchev–Trinajstić information content (AvgIpc) is 3.38. The Balaban J connectivity index is 1.61. The number of carbonyl (C=O) groups excluding carboxylic acids is 1. The van der Waals surface area contributed by atoms with E-state index in [4.69, 9.17) is 9.47 Å². The van der Waals surface area contributed by atoms with Crippen LogP contribution in [-0.4, -0.2) is 46.6 Å². The fourth-order valence-electron chi connectivity index (χ4n) is 4.21. The third-order valence-corrected chi connectivity index (χ3v) is 8.51. The van der Waals surface area contributed by atoms with E-state index < -0.39 is 15.9 Å². The molecule has 0 saturated heterocycles. The number of aromatic nitrogens is 1. The monoisotopic (exact) mass is 530 g/mol. The van der Waals surface area contributed by atoms with E-state index in [-0.39, 0.29) is 22.3 Å². The van der Waals surface area contributed by atoms with E-state index in [0.29, 0.717) is 11.4 Å². The molecule has 1 amide bonds. The quantitative estimate of drug-likeness (QED) is 0.366. The summed E-state index contributed by atoms with van der Waals surface area (Å²) in [5, 5.41) is 8.55. The molecule has 9 nitrogen and oxygen atoms in total. The molecule has 3 N–H and O–H groups in total. The van der Waals surface area contributed by atoms with Crippen molar-refractivity contribution in [1.82, 2.24) is 9.71 Å². The van der Waals surface area contributed by atoms with Crippen molar-refractivity contribution in [2.24, 2.45) is 0 Å². The van der Waals surface area contributed by atoms with Crippen LogP contribution in [0.15, 0.2) is 46.7 Å². The normalized spacial score (nSPS) is 14.3. The van der Waals surface area contributed by atoms with Gasteiger partial charge >= 0.3 is 0 Å². The van der Waals surface area contributed by atoms with Gasteiger partial charge in [-0.25, -0.2) is 18.1 Å². The summed E-state index contributed by atoms with van der Waals surface area (Å²) in [6, 6.07) is 9.63. The zero-order valence-corrected chi connectivity index (χ0v) is 22.1. The summed E-state index contributed by atoms with van der Waals surface area (Å²) in [6.07, 6.45) is 4.69. The Kier molecular flexibility index (Phi) is 8.12. The molecule has 3 aromatic rings. The molecule has 0 radical (unpaired) electrons. The molecule has 1 fully saturated rings. The number of sulfonamides is 1. The number of methoxy groups -OCH3 is 2. The molecule has 0 aliphatic heterocycles. The molecule has 1 heterocycles. The molecular weight excluding hydrogens is 500 g/mol. The zero-order chi connectivity index (χ0) is 25.7. The van der Waals surface area contributed by atoms with Crippen LogP contribution in [0.1, 0.15) is 42.5 Å². The number of hydrogen-bond acceptors (Lipinski definition) is 8. The number of benzene rings is 2. The van der Waals surface area contributed by atoms with Crippen molar-refractivity contribution in [1.29, 1.82) is 0 Å². The Morgan fingerprint density at radius 3 is 2.42 bits per heavy atom. The maximum atomic E-state index is 13.2. The van der Waals surface area contributed by atoms with Gasteiger partial charge in [-0.3, -0.25) is 4.79 Å². The van der Waals surface area contributed by atoms with Crippen molar-refractivity contribution in [3.63, 3.8) is 0 Å². The van der Waals surface area contributed by atoms with Crippen molar-refractivity contribution in [3.05, 3.63) is 47.3 Å². The summed E-state index contributed by atoms with van der Waals surface area (Å²) in [5.74, 6) is 0.172. The maximum absolute atomic E-state index is 13.2. The topological polar surface area (TPSA) is 119 Å². The van der Waals surface area contributed by atoms with Crippen molar-refractivity contribution in [2.45, 2.75) is 43.0 Å². The number of ether oxygens (including phenoxy) is 2. The van der Waals surface area contributed by atoms with Crippen LogP contribution in [0.4, 0.5) is 10.8 Å². The number of rotatable bonds is 9. The molecule has 0 atom stereocenters. The smallest absolute Gasteiger partial charge is 0.255 e. The van der Waals surface area contributed by atoms with E-state index in [1.807, 2.05) is 11.4 Å². The second-order valence-electron chi connectivity index (χ2n) is 8.48. The highest BCUT2D eigenvalue weighted by atomic mass is 32.2. The number of nitrogens with one attached hydrogen (secondary N) is 3. The molecule has 1 saturated carbocycles. The molecule has 0 bridgehead atoms. The minimum Gasteiger partial charge on any atom is -0.495 e. The molecule has 1 aliphatic carbocycles. The molecule has 1 aromatic heterocycles. The van der Waals surface area contributed by atoms with Crippen LogP contribution in [-0.2, 0) is 10.0 Å². The van der Waals surface area contributed by atoms with Gasteiger partial charge in [-0.05, 0) is 49.2 Å². The van der Waals surface area contributed by atoms with Gasteiger partial charge in [0.1, 0.15) is 16.4 Å². The molecule has 1 aliphatic rings. The predicted octanol–water partition coefficient (Wildman–Crippen LogP) is 4.73. The minimum atomic E-state index is -3.88. The number of nitrogens with zero attached hydrogens (tertiary/aromatic N) is 1. The van der Waals surface area contributed by atoms with Gasteiger partial charge in [-0.2, -0.15) is 0 Å². The van der Waals surface area contributed by atoms with Crippen molar-refractivity contribution < 1.29 is 22.7 Å². The Morgan fingerprint density at radius 1 is 1.03 bits per heavy atom. The second-order valence-corrected chi connectivity index (χ2v) is 11.0. The Morgan fingerprint density at radius 2 is 1.75 bits per heavy atom. The highest BCUT2D eigenvalue weighted by Gasteiger charge is 2.26. The van der Waals surface area contributed by atoms with Gasteiger partial charge in [0, 0.05) is 29.6 Å². The van der Waals surface area contributed by atoms with Crippen molar-refractivity contribution in [2.75, 3.05) is 31.9 Å². The lowest BCUT2D eigenvalue weighted by Gasteiger charge is -2.23. The first kappa shape index (κ1) is 25.9. The first-order chi connectivity index (χ1) is 17.3. The van der Waals surface area contributed by atoms with E-state index in [1.54, 1.807) is 19.2 Å². The summed E-state index contributed by atoms with van der Waals surface area (Å²) < 4.78 is 39.9. The fourth-order valence-corrected chi connectivity index (χ4v) is 6.39. The lowest BCUT2D eigenvalue weighted by molar-refractivity contribution is 0.102. The lowest BCUT2D eigenvalue weighted by atomic mass is 9.96. The van der Waals surface area contributed by atoms with Gasteiger partial charge in [0.25, 0.3) is 5.91 Å². The molecule has 0 spiro atoms. The summed E-state index contributed by atoms with van der Waals surface area (Å²) in [5.41, 5.74) is 2.19. The molecule has 36 heavy (non-hydrogen) atoms. The number of carbonyl (C=O) groups is 1. The summed E-state index contributed by atoms with van der Waals surface area (Å²) in [4.78, 5) is 17.6. The fraction of sp³-hybridized carbons (Fsp3) is 0.360. The van der Waals surface area contributed by atoms with E-state index >= 15 is 0 Å². The minimum absolute atomic E-state index is 0.0639. The van der Waals surface area contributed by atoms with E-state index in [0.717, 1.165) is 48.5 Å². The van der Waals surface area contributed by atoms with E-state index in [9.17, 15) is 13.2 Å². The van der Waals surface area contributed by atoms with Gasteiger partial charge in [-0.15, -0.1) is 11.3 Å². The third-order valence-electron chi connectivity index (χ3n) is 6.10. The maximum Gasteiger partial charge on any atom is 0.255 e. The lowest BCUT2D eigenvalue weighted by Crippen LogP contribution is -2.36. The second kappa shape index (κ2) is 11.3. The van der Waals surface area contributed by atoms with Gasteiger partial charge in [0.2, 0.25) is 10.0 Å². The summed E-state index contributed by atoms with van der Waals surface area (Å²) in [6.45, 7) is 0. The van der Waals surface area contributed by atoms with Gasteiger partial charge in [0.15, 0.2) is 5.13 Å². The first-order valence-electron chi connectivity index (χ1n) is 11.7. The van der Waals surface area contributed by atoms with E-state index in [1.165, 1.54) is 43.8 Å². The van der Waals surface area contributed by atoms with Gasteiger partial charge in [-0.1, -0.05) is 19.3 Å². The SMILES string of the molecule is CNc1nc(-c2ccc(OC)c(NC(=O)c3ccc(OC)c(S(=O)(=O)NC4CCCCC4)c3)c2)cs1. The number of hydrogen-bond donors (Lipinski definition) is 3. The largest absolute Gasteiger partial charge is 0.495 e. The Labute approximate surface area is 215 Å². The van der Waals surface area contributed by atoms with Crippen molar-refractivity contribution in [3.8, 4) is 22.8 Å². The Hall–Kier alpha value is -3.15.